The summed E-state index contributed by atoms with van der Waals surface area (Å²) in [6, 6.07) is 15.6. The fraction of sp³-hybridized carbons (Fsp3) is 0.300. The Balaban J connectivity index is 1.81. The molecule has 5 heteroatoms. The fourth-order valence-corrected chi connectivity index (χ4v) is 4.00. The first kappa shape index (κ1) is 17.5. The molecular weight excluding hydrogens is 332 g/mol. The van der Waals surface area contributed by atoms with E-state index in [0.717, 1.165) is 27.5 Å². The maximum Gasteiger partial charge on any atom is 0.229 e. The Morgan fingerprint density at radius 3 is 2.60 bits per heavy atom. The predicted octanol–water partition coefficient (Wildman–Crippen LogP) is 3.70. The summed E-state index contributed by atoms with van der Waals surface area (Å²) in [6.07, 6.45) is 0.252. The van der Waals surface area contributed by atoms with E-state index in [1.54, 1.807) is 11.8 Å². The van der Waals surface area contributed by atoms with E-state index >= 15 is 0 Å². The van der Waals surface area contributed by atoms with Crippen molar-refractivity contribution in [2.75, 3.05) is 17.2 Å². The highest BCUT2D eigenvalue weighted by molar-refractivity contribution is 7.99. The summed E-state index contributed by atoms with van der Waals surface area (Å²) in [4.78, 5) is 27.5. The molecule has 1 heterocycles. The molecule has 25 heavy (non-hydrogen) atoms. The third-order valence-corrected chi connectivity index (χ3v) is 5.31. The Bertz CT molecular complexity index is 774. The van der Waals surface area contributed by atoms with Crippen LogP contribution in [-0.2, 0) is 9.59 Å². The van der Waals surface area contributed by atoms with E-state index < -0.39 is 0 Å². The predicted molar refractivity (Wildman–Crippen MR) is 102 cm³/mol. The van der Waals surface area contributed by atoms with E-state index in [0.29, 0.717) is 6.54 Å². The number of benzene rings is 2. The van der Waals surface area contributed by atoms with Crippen LogP contribution in [0.2, 0.25) is 0 Å². The second-order valence-electron chi connectivity index (χ2n) is 6.23. The zero-order valence-electron chi connectivity index (χ0n) is 14.5. The molecule has 2 aromatic carbocycles. The molecule has 3 rings (SSSR count). The lowest BCUT2D eigenvalue weighted by Gasteiger charge is -2.30. The molecule has 0 unspecified atom stereocenters. The molecule has 0 saturated carbocycles. The van der Waals surface area contributed by atoms with Gasteiger partial charge in [-0.1, -0.05) is 42.0 Å². The van der Waals surface area contributed by atoms with E-state index in [-0.39, 0.29) is 24.3 Å². The van der Waals surface area contributed by atoms with Crippen LogP contribution in [0.25, 0.3) is 0 Å². The van der Waals surface area contributed by atoms with Crippen LogP contribution in [0.1, 0.15) is 30.5 Å². The number of fused-ring (bicyclic) bond motifs is 1. The summed E-state index contributed by atoms with van der Waals surface area (Å²) >= 11 is 1.77. The van der Waals surface area contributed by atoms with Gasteiger partial charge in [-0.3, -0.25) is 9.59 Å². The van der Waals surface area contributed by atoms with Gasteiger partial charge < -0.3 is 10.2 Å². The molecule has 0 saturated heterocycles. The minimum atomic E-state index is -0.313. The summed E-state index contributed by atoms with van der Waals surface area (Å²) in [5.41, 5.74) is 3.07. The summed E-state index contributed by atoms with van der Waals surface area (Å²) in [7, 11) is 0. The molecular formula is C20H22N2O2S. The van der Waals surface area contributed by atoms with Crippen LogP contribution in [-0.4, -0.2) is 24.1 Å². The Morgan fingerprint density at radius 1 is 1.16 bits per heavy atom. The van der Waals surface area contributed by atoms with E-state index in [1.165, 1.54) is 6.92 Å². The highest BCUT2D eigenvalue weighted by atomic mass is 32.2. The SMILES string of the molecule is CC(=O)N[C@H](CC(=O)N1CCSc2ccccc21)c1ccc(C)cc1. The van der Waals surface area contributed by atoms with Gasteiger partial charge in [0.25, 0.3) is 0 Å². The third-order valence-electron chi connectivity index (χ3n) is 4.27. The molecule has 0 fully saturated rings. The number of para-hydroxylation sites is 1. The first-order valence-electron chi connectivity index (χ1n) is 8.40. The van der Waals surface area contributed by atoms with Crippen LogP contribution < -0.4 is 10.2 Å². The van der Waals surface area contributed by atoms with Gasteiger partial charge in [0.15, 0.2) is 0 Å². The van der Waals surface area contributed by atoms with Crippen molar-refractivity contribution in [3.8, 4) is 0 Å². The number of thioether (sulfide) groups is 1. The number of aryl methyl sites for hydroxylation is 1. The Morgan fingerprint density at radius 2 is 1.88 bits per heavy atom. The first-order chi connectivity index (χ1) is 12.0. The van der Waals surface area contributed by atoms with Crippen molar-refractivity contribution in [3.05, 3.63) is 59.7 Å². The zero-order chi connectivity index (χ0) is 17.8. The molecule has 1 N–H and O–H groups in total. The summed E-state index contributed by atoms with van der Waals surface area (Å²) in [5.74, 6) is 0.790. The van der Waals surface area contributed by atoms with Crippen molar-refractivity contribution in [2.24, 2.45) is 0 Å². The molecule has 0 bridgehead atoms. The molecule has 130 valence electrons. The average Bonchev–Trinajstić information content (AvgIpc) is 2.61. The molecule has 1 aliphatic heterocycles. The number of rotatable bonds is 4. The van der Waals surface area contributed by atoms with Crippen LogP contribution in [0.15, 0.2) is 53.4 Å². The highest BCUT2D eigenvalue weighted by Gasteiger charge is 2.26. The standard InChI is InChI=1S/C20H22N2O2S/c1-14-7-9-16(10-8-14)17(21-15(2)23)13-20(24)22-11-12-25-19-6-4-3-5-18(19)22/h3-10,17H,11-13H2,1-2H3,(H,21,23)/t17-/m1/s1. The van der Waals surface area contributed by atoms with Crippen LogP contribution in [0, 0.1) is 6.92 Å². The molecule has 0 radical (unpaired) electrons. The van der Waals surface area contributed by atoms with Crippen molar-refractivity contribution in [2.45, 2.75) is 31.2 Å². The van der Waals surface area contributed by atoms with Gasteiger partial charge in [0, 0.05) is 24.1 Å². The minimum Gasteiger partial charge on any atom is -0.349 e. The van der Waals surface area contributed by atoms with Crippen molar-refractivity contribution >= 4 is 29.3 Å². The van der Waals surface area contributed by atoms with Crippen molar-refractivity contribution < 1.29 is 9.59 Å². The number of carbonyl (C=O) groups is 2. The van der Waals surface area contributed by atoms with E-state index in [9.17, 15) is 9.59 Å². The largest absolute Gasteiger partial charge is 0.349 e. The lowest BCUT2D eigenvalue weighted by molar-refractivity contribution is -0.121. The molecule has 2 amide bonds. The van der Waals surface area contributed by atoms with Gasteiger partial charge in [0.1, 0.15) is 0 Å². The Labute approximate surface area is 152 Å². The number of hydrogen-bond donors (Lipinski definition) is 1. The quantitative estimate of drug-likeness (QED) is 0.911. The van der Waals surface area contributed by atoms with Gasteiger partial charge in [-0.2, -0.15) is 0 Å². The summed E-state index contributed by atoms with van der Waals surface area (Å²) in [5, 5.41) is 2.92. The molecule has 1 aliphatic rings. The van der Waals surface area contributed by atoms with Gasteiger partial charge in [-0.05, 0) is 24.6 Å². The molecule has 0 aromatic heterocycles. The lowest BCUT2D eigenvalue weighted by atomic mass is 10.0. The van der Waals surface area contributed by atoms with Gasteiger partial charge in [0.05, 0.1) is 18.2 Å². The van der Waals surface area contributed by atoms with E-state index in [1.807, 2.05) is 60.4 Å². The number of nitrogens with zero attached hydrogens (tertiary/aromatic N) is 1. The smallest absolute Gasteiger partial charge is 0.229 e. The van der Waals surface area contributed by atoms with Crippen LogP contribution >= 0.6 is 11.8 Å². The summed E-state index contributed by atoms with van der Waals surface area (Å²) < 4.78 is 0. The molecule has 4 nitrogen and oxygen atoms in total. The number of hydrogen-bond acceptors (Lipinski definition) is 3. The third kappa shape index (κ3) is 4.23. The van der Waals surface area contributed by atoms with Crippen molar-refractivity contribution in [3.63, 3.8) is 0 Å². The van der Waals surface area contributed by atoms with Gasteiger partial charge in [0.2, 0.25) is 11.8 Å². The zero-order valence-corrected chi connectivity index (χ0v) is 15.3. The maximum atomic E-state index is 13.0. The van der Waals surface area contributed by atoms with Crippen LogP contribution in [0.4, 0.5) is 5.69 Å². The number of amides is 2. The topological polar surface area (TPSA) is 49.4 Å². The van der Waals surface area contributed by atoms with Crippen LogP contribution in [0.5, 0.6) is 0 Å². The number of nitrogens with one attached hydrogen (secondary N) is 1. The van der Waals surface area contributed by atoms with Crippen LogP contribution in [0.3, 0.4) is 0 Å². The van der Waals surface area contributed by atoms with E-state index in [4.69, 9.17) is 0 Å². The lowest BCUT2D eigenvalue weighted by Crippen LogP contribution is -2.38. The van der Waals surface area contributed by atoms with Crippen molar-refractivity contribution in [1.29, 1.82) is 0 Å². The molecule has 0 spiro atoms. The van der Waals surface area contributed by atoms with Gasteiger partial charge >= 0.3 is 0 Å². The second kappa shape index (κ2) is 7.74. The monoisotopic (exact) mass is 354 g/mol. The number of anilines is 1. The normalized spacial score (nSPS) is 14.6. The van der Waals surface area contributed by atoms with Gasteiger partial charge in [-0.25, -0.2) is 0 Å². The fourth-order valence-electron chi connectivity index (χ4n) is 3.01. The van der Waals surface area contributed by atoms with Crippen molar-refractivity contribution in [1.82, 2.24) is 5.32 Å². The molecule has 0 aliphatic carbocycles. The minimum absolute atomic E-state index is 0.0343. The molecule has 2 aromatic rings. The maximum absolute atomic E-state index is 13.0. The van der Waals surface area contributed by atoms with Gasteiger partial charge in [-0.15, -0.1) is 11.8 Å². The summed E-state index contributed by atoms with van der Waals surface area (Å²) in [6.45, 7) is 4.20. The highest BCUT2D eigenvalue weighted by Crippen LogP contribution is 2.35. The second-order valence-corrected chi connectivity index (χ2v) is 7.37. The Kier molecular flexibility index (Phi) is 5.43. The average molecular weight is 354 g/mol. The first-order valence-corrected chi connectivity index (χ1v) is 9.39. The Hall–Kier alpha value is -2.27. The van der Waals surface area contributed by atoms with E-state index in [2.05, 4.69) is 5.32 Å². The number of carbonyl (C=O) groups excluding carboxylic acids is 2. The molecule has 1 atom stereocenters.